The van der Waals surface area contributed by atoms with Gasteiger partial charge in [-0.15, -0.1) is 0 Å². The minimum Gasteiger partial charge on any atom is -0.448 e. The second-order valence-electron chi connectivity index (χ2n) is 5.71. The molecule has 0 radical (unpaired) electrons. The van der Waals surface area contributed by atoms with E-state index in [0.29, 0.717) is 21.9 Å². The zero-order chi connectivity index (χ0) is 13.9. The summed E-state index contributed by atoms with van der Waals surface area (Å²) >= 11 is 12.2. The first-order valence-corrected chi connectivity index (χ1v) is 7.47. The topological polar surface area (TPSA) is 38.1 Å². The van der Waals surface area contributed by atoms with Gasteiger partial charge >= 0.3 is 0 Å². The van der Waals surface area contributed by atoms with Crippen LogP contribution in [-0.2, 0) is 5.41 Å². The average Bonchev–Trinajstić information content (AvgIpc) is 2.79. The van der Waals surface area contributed by atoms with Gasteiger partial charge in [-0.05, 0) is 37.1 Å². The van der Waals surface area contributed by atoms with E-state index < -0.39 is 0 Å². The summed E-state index contributed by atoms with van der Waals surface area (Å²) in [4.78, 5) is 4.51. The Hall–Kier alpha value is -1.03. The van der Waals surface area contributed by atoms with Crippen molar-refractivity contribution < 1.29 is 4.42 Å². The van der Waals surface area contributed by atoms with Gasteiger partial charge in [0.15, 0.2) is 5.89 Å². The maximum absolute atomic E-state index is 6.18. The molecule has 1 aliphatic heterocycles. The number of benzene rings is 1. The summed E-state index contributed by atoms with van der Waals surface area (Å²) in [6.45, 7) is 3.88. The molecule has 104 valence electrons. The number of aryl methyl sites for hydroxylation is 1. The average molecular weight is 309 g/mol. The standard InChI is InChI=1S/C15H14Cl2N2O/c1-8-6-20-14(19-8)13-10-5-18-7-15(10,13)9-2-3-11(16)12(17)4-9/h2-4,6,10,13,18H,5,7H2,1H3/t10-,13+,15+/m0/s1. The van der Waals surface area contributed by atoms with E-state index in [4.69, 9.17) is 27.6 Å². The van der Waals surface area contributed by atoms with E-state index >= 15 is 0 Å². The molecule has 1 saturated carbocycles. The highest BCUT2D eigenvalue weighted by Gasteiger charge is 2.70. The molecule has 0 amide bonds. The van der Waals surface area contributed by atoms with E-state index in [1.54, 1.807) is 6.26 Å². The summed E-state index contributed by atoms with van der Waals surface area (Å²) < 4.78 is 5.63. The number of nitrogens with zero attached hydrogens (tertiary/aromatic N) is 1. The van der Waals surface area contributed by atoms with Crippen molar-refractivity contribution >= 4 is 23.2 Å². The van der Waals surface area contributed by atoms with Crippen molar-refractivity contribution in [3.8, 4) is 0 Å². The number of aromatic nitrogens is 1. The van der Waals surface area contributed by atoms with E-state index in [9.17, 15) is 0 Å². The predicted octanol–water partition coefficient (Wildman–Crippen LogP) is 3.54. The monoisotopic (exact) mass is 308 g/mol. The lowest BCUT2D eigenvalue weighted by Crippen LogP contribution is -2.22. The minimum absolute atomic E-state index is 0.0610. The molecule has 1 aliphatic carbocycles. The summed E-state index contributed by atoms with van der Waals surface area (Å²) in [6, 6.07) is 5.93. The Kier molecular flexibility index (Phi) is 2.69. The second kappa shape index (κ2) is 4.23. The molecule has 5 heteroatoms. The fraction of sp³-hybridized carbons (Fsp3) is 0.400. The summed E-state index contributed by atoms with van der Waals surface area (Å²) in [5.74, 6) is 1.72. The molecule has 2 fully saturated rings. The van der Waals surface area contributed by atoms with E-state index in [-0.39, 0.29) is 5.41 Å². The van der Waals surface area contributed by atoms with Crippen molar-refractivity contribution in [2.24, 2.45) is 5.92 Å². The van der Waals surface area contributed by atoms with Gasteiger partial charge < -0.3 is 9.73 Å². The van der Waals surface area contributed by atoms with Gasteiger partial charge in [-0.3, -0.25) is 0 Å². The Morgan fingerprint density at radius 2 is 2.20 bits per heavy atom. The number of nitrogens with one attached hydrogen (secondary N) is 1. The summed E-state index contributed by atoms with van der Waals surface area (Å²) in [5, 5.41) is 4.66. The molecular formula is C15H14Cl2N2O. The van der Waals surface area contributed by atoms with Crippen molar-refractivity contribution in [1.29, 1.82) is 0 Å². The van der Waals surface area contributed by atoms with E-state index in [1.165, 1.54) is 5.56 Å². The lowest BCUT2D eigenvalue weighted by molar-refractivity contribution is 0.464. The molecule has 2 aromatic rings. The molecule has 1 saturated heterocycles. The maximum Gasteiger partial charge on any atom is 0.198 e. The number of halogens is 2. The zero-order valence-electron chi connectivity index (χ0n) is 11.0. The highest BCUT2D eigenvalue weighted by molar-refractivity contribution is 6.42. The number of hydrogen-bond acceptors (Lipinski definition) is 3. The second-order valence-corrected chi connectivity index (χ2v) is 6.53. The van der Waals surface area contributed by atoms with Gasteiger partial charge in [0.05, 0.1) is 21.7 Å². The van der Waals surface area contributed by atoms with Crippen molar-refractivity contribution in [3.63, 3.8) is 0 Å². The normalized spacial score (nSPS) is 31.4. The Balaban J connectivity index is 1.76. The van der Waals surface area contributed by atoms with Crippen LogP contribution in [0.3, 0.4) is 0 Å². The highest BCUT2D eigenvalue weighted by atomic mass is 35.5. The quantitative estimate of drug-likeness (QED) is 0.922. The molecule has 1 N–H and O–H groups in total. The van der Waals surface area contributed by atoms with E-state index in [0.717, 1.165) is 24.7 Å². The summed E-state index contributed by atoms with van der Waals surface area (Å²) in [7, 11) is 0. The highest BCUT2D eigenvalue weighted by Crippen LogP contribution is 2.67. The Bertz CT molecular complexity index is 684. The molecular weight excluding hydrogens is 295 g/mol. The molecule has 3 nitrogen and oxygen atoms in total. The van der Waals surface area contributed by atoms with Crippen molar-refractivity contribution in [2.45, 2.75) is 18.3 Å². The molecule has 1 aromatic carbocycles. The van der Waals surface area contributed by atoms with Crippen LogP contribution in [0.15, 0.2) is 28.9 Å². The van der Waals surface area contributed by atoms with Gasteiger partial charge in [0.25, 0.3) is 0 Å². The third kappa shape index (κ3) is 1.60. The molecule has 3 atom stereocenters. The molecule has 2 heterocycles. The number of piperidine rings is 1. The molecule has 4 rings (SSSR count). The first kappa shape index (κ1) is 12.7. The number of rotatable bonds is 2. The van der Waals surface area contributed by atoms with Gasteiger partial charge in [0.2, 0.25) is 0 Å². The van der Waals surface area contributed by atoms with Gasteiger partial charge in [-0.25, -0.2) is 4.98 Å². The molecule has 2 aliphatic rings. The van der Waals surface area contributed by atoms with Crippen LogP contribution in [-0.4, -0.2) is 18.1 Å². The van der Waals surface area contributed by atoms with Gasteiger partial charge in [-0.2, -0.15) is 0 Å². The molecule has 1 aromatic heterocycles. The zero-order valence-corrected chi connectivity index (χ0v) is 12.5. The van der Waals surface area contributed by atoms with Crippen LogP contribution >= 0.6 is 23.2 Å². The van der Waals surface area contributed by atoms with Crippen LogP contribution < -0.4 is 5.32 Å². The lowest BCUT2D eigenvalue weighted by atomic mass is 9.93. The molecule has 0 bridgehead atoms. The fourth-order valence-electron chi connectivity index (χ4n) is 3.68. The van der Waals surface area contributed by atoms with Crippen molar-refractivity contribution in [2.75, 3.05) is 13.1 Å². The number of oxazole rings is 1. The summed E-state index contributed by atoms with van der Waals surface area (Å²) in [5.41, 5.74) is 2.22. The third-order valence-electron chi connectivity index (χ3n) is 4.65. The van der Waals surface area contributed by atoms with Crippen LogP contribution in [0, 0.1) is 12.8 Å². The number of hydrogen-bond donors (Lipinski definition) is 1. The molecule has 0 unspecified atom stereocenters. The minimum atomic E-state index is 0.0610. The van der Waals surface area contributed by atoms with Crippen LogP contribution in [0.2, 0.25) is 10.0 Å². The summed E-state index contributed by atoms with van der Waals surface area (Å²) in [6.07, 6.45) is 1.72. The Labute approximate surface area is 127 Å². The van der Waals surface area contributed by atoms with Crippen molar-refractivity contribution in [1.82, 2.24) is 10.3 Å². The fourth-order valence-corrected chi connectivity index (χ4v) is 3.98. The predicted molar refractivity (Wildman–Crippen MR) is 78.5 cm³/mol. The van der Waals surface area contributed by atoms with Gasteiger partial charge in [0, 0.05) is 12.0 Å². The van der Waals surface area contributed by atoms with E-state index in [2.05, 4.69) is 16.4 Å². The van der Waals surface area contributed by atoms with Crippen LogP contribution in [0.25, 0.3) is 0 Å². The first-order chi connectivity index (χ1) is 9.63. The largest absolute Gasteiger partial charge is 0.448 e. The van der Waals surface area contributed by atoms with E-state index in [1.807, 2.05) is 19.1 Å². The smallest absolute Gasteiger partial charge is 0.198 e. The van der Waals surface area contributed by atoms with Crippen LogP contribution in [0.5, 0.6) is 0 Å². The number of fused-ring (bicyclic) bond motifs is 1. The van der Waals surface area contributed by atoms with Crippen LogP contribution in [0.1, 0.15) is 23.1 Å². The molecule has 20 heavy (non-hydrogen) atoms. The SMILES string of the molecule is Cc1coc([C@H]2[C@@H]3CNC[C@@]32c2ccc(Cl)c(Cl)c2)n1. The van der Waals surface area contributed by atoms with Gasteiger partial charge in [-0.1, -0.05) is 29.3 Å². The van der Waals surface area contributed by atoms with Crippen molar-refractivity contribution in [3.05, 3.63) is 51.7 Å². The van der Waals surface area contributed by atoms with Crippen LogP contribution in [0.4, 0.5) is 0 Å². The molecule has 0 spiro atoms. The third-order valence-corrected chi connectivity index (χ3v) is 5.39. The Morgan fingerprint density at radius 1 is 1.35 bits per heavy atom. The maximum atomic E-state index is 6.18. The Morgan fingerprint density at radius 3 is 2.90 bits per heavy atom. The van der Waals surface area contributed by atoms with Gasteiger partial charge in [0.1, 0.15) is 6.26 Å². The lowest BCUT2D eigenvalue weighted by Gasteiger charge is -2.15. The first-order valence-electron chi connectivity index (χ1n) is 6.71.